The van der Waals surface area contributed by atoms with Crippen molar-refractivity contribution in [2.75, 3.05) is 25.1 Å². The Balaban J connectivity index is 1.83. The zero-order valence-corrected chi connectivity index (χ0v) is 15.9. The standard InChI is InChI=1S/C21H25FN2O4/c1-28-20(27)15-9-13-8-14(22)4-5-16(13)23-19(15)24-11-18(26)17(25)10-21(12-24)6-2-3-7-21/h4-5,8-9,17-18,25-26H,2-3,6-7,10-12H2,1H3/t17-,18+/m0/s1. The van der Waals surface area contributed by atoms with Gasteiger partial charge in [0.15, 0.2) is 0 Å². The van der Waals surface area contributed by atoms with E-state index in [1.165, 1.54) is 19.2 Å². The summed E-state index contributed by atoms with van der Waals surface area (Å²) in [7, 11) is 1.29. The van der Waals surface area contributed by atoms with Crippen LogP contribution in [0.5, 0.6) is 0 Å². The van der Waals surface area contributed by atoms with Crippen molar-refractivity contribution in [2.45, 2.75) is 44.3 Å². The number of anilines is 1. The number of rotatable bonds is 2. The van der Waals surface area contributed by atoms with Crippen LogP contribution in [0, 0.1) is 11.2 Å². The van der Waals surface area contributed by atoms with E-state index in [-0.39, 0.29) is 17.5 Å². The van der Waals surface area contributed by atoms with E-state index in [9.17, 15) is 19.4 Å². The van der Waals surface area contributed by atoms with Crippen molar-refractivity contribution in [3.8, 4) is 0 Å². The van der Waals surface area contributed by atoms with Crippen molar-refractivity contribution in [2.24, 2.45) is 5.41 Å². The smallest absolute Gasteiger partial charge is 0.341 e. The lowest BCUT2D eigenvalue weighted by atomic mass is 9.80. The third-order valence-corrected chi connectivity index (χ3v) is 6.15. The number of aliphatic hydroxyl groups excluding tert-OH is 2. The predicted octanol–water partition coefficient (Wildman–Crippen LogP) is 2.65. The predicted molar refractivity (Wildman–Crippen MR) is 103 cm³/mol. The van der Waals surface area contributed by atoms with E-state index in [1.807, 2.05) is 4.90 Å². The summed E-state index contributed by atoms with van der Waals surface area (Å²) in [5, 5.41) is 21.4. The first kappa shape index (κ1) is 19.1. The minimum absolute atomic E-state index is 0.107. The number of hydrogen-bond acceptors (Lipinski definition) is 6. The SMILES string of the molecule is COC(=O)c1cc2cc(F)ccc2nc1N1C[C@@H](O)[C@@H](O)CC2(CCCC2)C1. The Morgan fingerprint density at radius 1 is 1.25 bits per heavy atom. The van der Waals surface area contributed by atoms with Gasteiger partial charge in [-0.15, -0.1) is 0 Å². The Bertz CT molecular complexity index is 897. The monoisotopic (exact) mass is 388 g/mol. The van der Waals surface area contributed by atoms with Gasteiger partial charge >= 0.3 is 5.97 Å². The Morgan fingerprint density at radius 2 is 2.00 bits per heavy atom. The second-order valence-electron chi connectivity index (χ2n) is 8.11. The number of benzene rings is 1. The summed E-state index contributed by atoms with van der Waals surface area (Å²) in [5.74, 6) is -0.560. The minimum atomic E-state index is -0.934. The van der Waals surface area contributed by atoms with E-state index < -0.39 is 24.0 Å². The van der Waals surface area contributed by atoms with Crippen LogP contribution in [0.15, 0.2) is 24.3 Å². The summed E-state index contributed by atoms with van der Waals surface area (Å²) in [4.78, 5) is 19.0. The van der Waals surface area contributed by atoms with Crippen molar-refractivity contribution in [1.82, 2.24) is 4.98 Å². The lowest BCUT2D eigenvalue weighted by Crippen LogP contribution is -2.38. The zero-order valence-electron chi connectivity index (χ0n) is 15.9. The summed E-state index contributed by atoms with van der Waals surface area (Å²) in [6, 6.07) is 5.82. The van der Waals surface area contributed by atoms with Crippen LogP contribution in [0.25, 0.3) is 10.9 Å². The van der Waals surface area contributed by atoms with Crippen LogP contribution in [0.4, 0.5) is 10.2 Å². The number of carbonyl (C=O) groups is 1. The van der Waals surface area contributed by atoms with E-state index >= 15 is 0 Å². The molecule has 7 heteroatoms. The number of fused-ring (bicyclic) bond motifs is 1. The van der Waals surface area contributed by atoms with Crippen molar-refractivity contribution in [1.29, 1.82) is 0 Å². The minimum Gasteiger partial charge on any atom is -0.465 e. The van der Waals surface area contributed by atoms with Crippen LogP contribution >= 0.6 is 0 Å². The van der Waals surface area contributed by atoms with Crippen LogP contribution in [0.3, 0.4) is 0 Å². The van der Waals surface area contributed by atoms with Gasteiger partial charge < -0.3 is 19.8 Å². The molecular weight excluding hydrogens is 363 g/mol. The molecule has 0 unspecified atom stereocenters. The van der Waals surface area contributed by atoms with E-state index in [4.69, 9.17) is 4.74 Å². The Labute approximate surface area is 162 Å². The number of nitrogens with zero attached hydrogens (tertiary/aromatic N) is 2. The second kappa shape index (κ2) is 7.29. The summed E-state index contributed by atoms with van der Waals surface area (Å²) >= 11 is 0. The summed E-state index contributed by atoms with van der Waals surface area (Å²) in [6.45, 7) is 0.775. The van der Waals surface area contributed by atoms with Crippen molar-refractivity contribution < 1.29 is 24.1 Å². The van der Waals surface area contributed by atoms with Crippen LogP contribution in [0.1, 0.15) is 42.5 Å². The number of carbonyl (C=O) groups excluding carboxylic acids is 1. The Morgan fingerprint density at radius 3 is 2.71 bits per heavy atom. The molecule has 0 radical (unpaired) electrons. The molecule has 150 valence electrons. The zero-order chi connectivity index (χ0) is 19.9. The van der Waals surface area contributed by atoms with E-state index in [0.717, 1.165) is 25.7 Å². The number of aliphatic hydroxyl groups is 2. The molecule has 0 amide bonds. The Hall–Kier alpha value is -2.25. The van der Waals surface area contributed by atoms with Gasteiger partial charge in [-0.05, 0) is 48.9 Å². The second-order valence-corrected chi connectivity index (χ2v) is 8.11. The first-order chi connectivity index (χ1) is 13.4. The first-order valence-electron chi connectivity index (χ1n) is 9.70. The van der Waals surface area contributed by atoms with Gasteiger partial charge in [0.25, 0.3) is 0 Å². The first-order valence-corrected chi connectivity index (χ1v) is 9.70. The van der Waals surface area contributed by atoms with Gasteiger partial charge in [0.1, 0.15) is 17.2 Å². The maximum absolute atomic E-state index is 13.6. The highest BCUT2D eigenvalue weighted by Crippen LogP contribution is 2.45. The third-order valence-electron chi connectivity index (χ3n) is 6.15. The molecule has 1 aromatic carbocycles. The van der Waals surface area contributed by atoms with Crippen LogP contribution in [-0.4, -0.2) is 53.6 Å². The van der Waals surface area contributed by atoms with E-state index in [1.54, 1.807) is 12.1 Å². The average molecular weight is 388 g/mol. The number of pyridine rings is 1. The fourth-order valence-electron chi connectivity index (χ4n) is 4.75. The van der Waals surface area contributed by atoms with E-state index in [0.29, 0.717) is 29.7 Å². The molecule has 2 heterocycles. The van der Waals surface area contributed by atoms with Crippen LogP contribution < -0.4 is 4.90 Å². The lowest BCUT2D eigenvalue weighted by Gasteiger charge is -2.34. The van der Waals surface area contributed by atoms with Crippen LogP contribution in [-0.2, 0) is 4.74 Å². The highest BCUT2D eigenvalue weighted by atomic mass is 19.1. The molecule has 1 spiro atoms. The molecule has 2 atom stereocenters. The highest BCUT2D eigenvalue weighted by molar-refractivity contribution is 5.99. The molecule has 1 aliphatic carbocycles. The third kappa shape index (κ3) is 3.44. The van der Waals surface area contributed by atoms with Gasteiger partial charge in [0.05, 0.1) is 24.8 Å². The number of halogens is 1. The van der Waals surface area contributed by atoms with Crippen molar-refractivity contribution in [3.63, 3.8) is 0 Å². The van der Waals surface area contributed by atoms with Gasteiger partial charge in [-0.3, -0.25) is 0 Å². The number of hydrogen-bond donors (Lipinski definition) is 2. The van der Waals surface area contributed by atoms with Crippen molar-refractivity contribution in [3.05, 3.63) is 35.6 Å². The number of methoxy groups -OCH3 is 1. The molecule has 2 aromatic rings. The molecule has 0 bridgehead atoms. The maximum atomic E-state index is 13.6. The van der Waals surface area contributed by atoms with Gasteiger partial charge in [0.2, 0.25) is 0 Å². The molecular formula is C21H25FN2O4. The fourth-order valence-corrected chi connectivity index (χ4v) is 4.75. The quantitative estimate of drug-likeness (QED) is 0.770. The molecule has 28 heavy (non-hydrogen) atoms. The summed E-state index contributed by atoms with van der Waals surface area (Å²) < 4.78 is 18.6. The molecule has 1 aliphatic heterocycles. The molecule has 6 nitrogen and oxygen atoms in total. The lowest BCUT2D eigenvalue weighted by molar-refractivity contribution is 0.00688. The summed E-state index contributed by atoms with van der Waals surface area (Å²) in [5.41, 5.74) is 0.685. The molecule has 1 saturated carbocycles. The number of aromatic nitrogens is 1. The number of β-amino-alcohol motifs (C(OH)–C–C–N with tert-alkyl or cyclic N) is 1. The van der Waals surface area contributed by atoms with Gasteiger partial charge in [-0.1, -0.05) is 12.8 Å². The molecule has 1 aromatic heterocycles. The molecule has 1 saturated heterocycles. The molecule has 2 fully saturated rings. The largest absolute Gasteiger partial charge is 0.465 e. The number of ether oxygens (including phenoxy) is 1. The number of esters is 1. The van der Waals surface area contributed by atoms with Gasteiger partial charge in [-0.2, -0.15) is 0 Å². The average Bonchev–Trinajstić information content (AvgIpc) is 3.08. The van der Waals surface area contributed by atoms with Gasteiger partial charge in [-0.25, -0.2) is 14.2 Å². The molecule has 4 rings (SSSR count). The Kier molecular flexibility index (Phi) is 4.97. The van der Waals surface area contributed by atoms with Crippen molar-refractivity contribution >= 4 is 22.7 Å². The topological polar surface area (TPSA) is 82.9 Å². The van der Waals surface area contributed by atoms with Gasteiger partial charge in [0, 0.05) is 18.5 Å². The normalized spacial score (nSPS) is 24.5. The highest BCUT2D eigenvalue weighted by Gasteiger charge is 2.43. The van der Waals surface area contributed by atoms with E-state index in [2.05, 4.69) is 4.98 Å². The summed E-state index contributed by atoms with van der Waals surface area (Å²) in [6.07, 6.45) is 2.92. The molecule has 2 N–H and O–H groups in total. The van der Waals surface area contributed by atoms with Crippen LogP contribution in [0.2, 0.25) is 0 Å². The maximum Gasteiger partial charge on any atom is 0.341 e. The molecule has 2 aliphatic rings. The fraction of sp³-hybridized carbons (Fsp3) is 0.524.